The van der Waals surface area contributed by atoms with Crippen LogP contribution in [0.25, 0.3) is 0 Å². The number of nitrogens with zero attached hydrogens (tertiary/aromatic N) is 1. The van der Waals surface area contributed by atoms with E-state index in [-0.39, 0.29) is 16.3 Å². The van der Waals surface area contributed by atoms with Gasteiger partial charge in [-0.3, -0.25) is 4.79 Å². The topological polar surface area (TPSA) is 58.4 Å². The molecule has 0 heterocycles. The van der Waals surface area contributed by atoms with Crippen molar-refractivity contribution in [2.45, 2.75) is 6.18 Å². The van der Waals surface area contributed by atoms with Crippen molar-refractivity contribution in [3.63, 3.8) is 0 Å². The van der Waals surface area contributed by atoms with Crippen LogP contribution in [0.3, 0.4) is 0 Å². The molecule has 128 valence electrons. The maximum absolute atomic E-state index is 12.6. The summed E-state index contributed by atoms with van der Waals surface area (Å²) in [4.78, 5) is 14.2. The molecule has 0 aliphatic heterocycles. The molecule has 0 saturated heterocycles. The van der Waals surface area contributed by atoms with Crippen molar-refractivity contribution >= 4 is 34.6 Å². The molecule has 0 bridgehead atoms. The van der Waals surface area contributed by atoms with E-state index in [9.17, 15) is 18.0 Å². The van der Waals surface area contributed by atoms with Gasteiger partial charge in [-0.15, -0.1) is 0 Å². The highest BCUT2D eigenvalue weighted by atomic mass is 35.5. The molecular weight excluding hydrogens is 343 g/mol. The molecular formula is C16H15ClF3N3O. The van der Waals surface area contributed by atoms with Gasteiger partial charge in [0, 0.05) is 25.5 Å². The van der Waals surface area contributed by atoms with E-state index in [1.165, 1.54) is 6.07 Å². The van der Waals surface area contributed by atoms with Crippen LogP contribution in [0.15, 0.2) is 36.4 Å². The van der Waals surface area contributed by atoms with E-state index in [1.54, 1.807) is 31.1 Å². The fourth-order valence-electron chi connectivity index (χ4n) is 2.11. The summed E-state index contributed by atoms with van der Waals surface area (Å²) in [7, 11) is 3.51. The maximum atomic E-state index is 12.6. The number of hydrogen-bond donors (Lipinski definition) is 2. The molecule has 0 radical (unpaired) electrons. The molecule has 0 fully saturated rings. The second-order valence-electron chi connectivity index (χ2n) is 5.32. The molecule has 2 aromatic carbocycles. The summed E-state index contributed by atoms with van der Waals surface area (Å²) in [6.45, 7) is 0. The predicted octanol–water partition coefficient (Wildman–Crippen LogP) is 4.26. The van der Waals surface area contributed by atoms with Crippen molar-refractivity contribution in [1.29, 1.82) is 0 Å². The molecule has 0 aromatic heterocycles. The first-order valence-corrected chi connectivity index (χ1v) is 7.22. The molecule has 2 aromatic rings. The van der Waals surface area contributed by atoms with Crippen LogP contribution in [0.5, 0.6) is 0 Å². The van der Waals surface area contributed by atoms with E-state index in [2.05, 4.69) is 5.32 Å². The molecule has 0 aliphatic rings. The maximum Gasteiger partial charge on any atom is 0.416 e. The minimum Gasteiger partial charge on any atom is -0.399 e. The summed E-state index contributed by atoms with van der Waals surface area (Å²) >= 11 is 5.85. The number of benzene rings is 2. The number of nitrogens with one attached hydrogen (secondary N) is 1. The molecule has 0 spiro atoms. The van der Waals surface area contributed by atoms with Gasteiger partial charge < -0.3 is 16.0 Å². The molecule has 0 saturated carbocycles. The van der Waals surface area contributed by atoms with Gasteiger partial charge in [0.15, 0.2) is 0 Å². The molecule has 3 N–H and O–H groups in total. The second kappa shape index (κ2) is 6.60. The van der Waals surface area contributed by atoms with Gasteiger partial charge in [0.1, 0.15) is 0 Å². The summed E-state index contributed by atoms with van der Waals surface area (Å²) < 4.78 is 37.9. The van der Waals surface area contributed by atoms with Gasteiger partial charge in [-0.25, -0.2) is 0 Å². The van der Waals surface area contributed by atoms with Gasteiger partial charge in [0.25, 0.3) is 5.91 Å². The quantitative estimate of drug-likeness (QED) is 0.807. The molecule has 4 nitrogen and oxygen atoms in total. The molecule has 0 unspecified atom stereocenters. The van der Waals surface area contributed by atoms with Gasteiger partial charge in [-0.05, 0) is 36.4 Å². The summed E-state index contributed by atoms with van der Waals surface area (Å²) in [6.07, 6.45) is -4.50. The number of amides is 1. The van der Waals surface area contributed by atoms with Gasteiger partial charge in [-0.2, -0.15) is 13.2 Å². The number of halogens is 4. The highest BCUT2D eigenvalue weighted by Crippen LogP contribution is 2.34. The van der Waals surface area contributed by atoms with Crippen LogP contribution in [0.4, 0.5) is 30.2 Å². The van der Waals surface area contributed by atoms with Crippen LogP contribution in [0.2, 0.25) is 5.02 Å². The highest BCUT2D eigenvalue weighted by Gasteiger charge is 2.31. The van der Waals surface area contributed by atoms with Crippen molar-refractivity contribution < 1.29 is 18.0 Å². The Morgan fingerprint density at radius 3 is 2.38 bits per heavy atom. The second-order valence-corrected chi connectivity index (χ2v) is 5.72. The van der Waals surface area contributed by atoms with Gasteiger partial charge in [0.2, 0.25) is 0 Å². The third-order valence-electron chi connectivity index (χ3n) is 3.29. The number of nitrogens with two attached hydrogens (primary N) is 1. The third-order valence-corrected chi connectivity index (χ3v) is 3.60. The molecule has 8 heteroatoms. The number of anilines is 3. The van der Waals surface area contributed by atoms with Crippen LogP contribution < -0.4 is 16.0 Å². The fourth-order valence-corrected chi connectivity index (χ4v) is 2.34. The first kappa shape index (κ1) is 17.9. The number of carbonyl (C=O) groups excluding carboxylic acids is 1. The van der Waals surface area contributed by atoms with Gasteiger partial charge in [0.05, 0.1) is 21.8 Å². The lowest BCUT2D eigenvalue weighted by atomic mass is 10.1. The smallest absolute Gasteiger partial charge is 0.399 e. The van der Waals surface area contributed by atoms with E-state index in [4.69, 9.17) is 17.3 Å². The predicted molar refractivity (Wildman–Crippen MR) is 89.6 cm³/mol. The van der Waals surface area contributed by atoms with Crippen LogP contribution in [0, 0.1) is 0 Å². The largest absolute Gasteiger partial charge is 0.416 e. The van der Waals surface area contributed by atoms with E-state index in [0.717, 1.165) is 18.2 Å². The summed E-state index contributed by atoms with van der Waals surface area (Å²) in [5, 5.41) is 2.31. The Kier molecular flexibility index (Phi) is 4.94. The van der Waals surface area contributed by atoms with E-state index in [1.807, 2.05) is 0 Å². The van der Waals surface area contributed by atoms with Crippen LogP contribution in [-0.2, 0) is 6.18 Å². The Hall–Kier alpha value is -2.41. The molecule has 1 amide bonds. The van der Waals surface area contributed by atoms with Gasteiger partial charge in [-0.1, -0.05) is 11.6 Å². The van der Waals surface area contributed by atoms with E-state index >= 15 is 0 Å². The zero-order chi connectivity index (χ0) is 18.1. The minimum atomic E-state index is -4.50. The third kappa shape index (κ3) is 3.91. The van der Waals surface area contributed by atoms with Crippen LogP contribution >= 0.6 is 11.6 Å². The minimum absolute atomic E-state index is 0.0850. The zero-order valence-corrected chi connectivity index (χ0v) is 13.7. The van der Waals surface area contributed by atoms with Crippen molar-refractivity contribution in [2.24, 2.45) is 0 Å². The number of alkyl halides is 3. The lowest BCUT2D eigenvalue weighted by Gasteiger charge is -2.18. The van der Waals surface area contributed by atoms with E-state index < -0.39 is 17.6 Å². The Balaban J connectivity index is 2.32. The Morgan fingerprint density at radius 2 is 1.83 bits per heavy atom. The summed E-state index contributed by atoms with van der Waals surface area (Å²) in [5.41, 5.74) is 6.20. The average molecular weight is 358 g/mol. The number of carbonyl (C=O) groups is 1. The average Bonchev–Trinajstić information content (AvgIpc) is 2.47. The number of rotatable bonds is 3. The van der Waals surface area contributed by atoms with Crippen LogP contribution in [-0.4, -0.2) is 20.0 Å². The monoisotopic (exact) mass is 357 g/mol. The Bertz CT molecular complexity index is 776. The fraction of sp³-hybridized carbons (Fsp3) is 0.188. The molecule has 24 heavy (non-hydrogen) atoms. The lowest BCUT2D eigenvalue weighted by molar-refractivity contribution is -0.137. The van der Waals surface area contributed by atoms with Crippen LogP contribution in [0.1, 0.15) is 15.9 Å². The number of hydrogen-bond acceptors (Lipinski definition) is 3. The first-order valence-electron chi connectivity index (χ1n) is 6.84. The summed E-state index contributed by atoms with van der Waals surface area (Å²) in [5.74, 6) is -0.521. The molecule has 2 rings (SSSR count). The van der Waals surface area contributed by atoms with Crippen molar-refractivity contribution in [1.82, 2.24) is 0 Å². The van der Waals surface area contributed by atoms with E-state index in [0.29, 0.717) is 11.4 Å². The SMILES string of the molecule is CN(C)c1ccc(N)cc1C(=O)Nc1ccc(C(F)(F)F)cc1Cl. The Labute approximate surface area is 142 Å². The standard InChI is InChI=1S/C16H15ClF3N3O/c1-23(2)14-6-4-10(21)8-11(14)15(24)22-13-5-3-9(7-12(13)17)16(18,19)20/h3-8H,21H2,1-2H3,(H,22,24). The molecule has 0 atom stereocenters. The van der Waals surface area contributed by atoms with Crippen molar-refractivity contribution in [3.8, 4) is 0 Å². The first-order chi connectivity index (χ1) is 11.1. The highest BCUT2D eigenvalue weighted by molar-refractivity contribution is 6.34. The van der Waals surface area contributed by atoms with Gasteiger partial charge >= 0.3 is 6.18 Å². The summed E-state index contributed by atoms with van der Waals surface area (Å²) in [6, 6.07) is 7.56. The zero-order valence-electron chi connectivity index (χ0n) is 12.9. The normalized spacial score (nSPS) is 11.2. The molecule has 0 aliphatic carbocycles. The van der Waals surface area contributed by atoms with Crippen molar-refractivity contribution in [3.05, 3.63) is 52.5 Å². The van der Waals surface area contributed by atoms with Crippen molar-refractivity contribution in [2.75, 3.05) is 30.0 Å². The number of nitrogen functional groups attached to an aromatic ring is 1. The Morgan fingerprint density at radius 1 is 1.17 bits per heavy atom. The lowest BCUT2D eigenvalue weighted by Crippen LogP contribution is -2.19.